The van der Waals surface area contributed by atoms with Crippen molar-refractivity contribution in [1.29, 1.82) is 0 Å². The standard InChI is InChI=1S/C6H6O3S/c7-4-3-6-2-1-5-10(6,8)9/h1-2,4-5H,3H2. The first kappa shape index (κ1) is 7.21. The topological polar surface area (TPSA) is 51.2 Å². The summed E-state index contributed by atoms with van der Waals surface area (Å²) in [5, 5.41) is 1.09. The van der Waals surface area contributed by atoms with Crippen LogP contribution >= 0.6 is 0 Å². The first-order chi connectivity index (χ1) is 4.67. The summed E-state index contributed by atoms with van der Waals surface area (Å²) in [7, 11) is -3.20. The first-order valence-electron chi connectivity index (χ1n) is 2.73. The third-order valence-electron chi connectivity index (χ3n) is 1.19. The van der Waals surface area contributed by atoms with E-state index in [2.05, 4.69) is 0 Å². The maximum atomic E-state index is 10.8. The van der Waals surface area contributed by atoms with Crippen LogP contribution < -0.4 is 0 Å². The number of aldehydes is 1. The van der Waals surface area contributed by atoms with Crippen molar-refractivity contribution in [2.75, 3.05) is 0 Å². The average molecular weight is 158 g/mol. The Kier molecular flexibility index (Phi) is 1.72. The zero-order valence-corrected chi connectivity index (χ0v) is 5.97. The van der Waals surface area contributed by atoms with Crippen LogP contribution in [0.1, 0.15) is 6.42 Å². The lowest BCUT2D eigenvalue weighted by atomic mass is 10.4. The van der Waals surface area contributed by atoms with Gasteiger partial charge in [-0.1, -0.05) is 0 Å². The number of hydrogen-bond donors (Lipinski definition) is 0. The van der Waals surface area contributed by atoms with Gasteiger partial charge < -0.3 is 4.79 Å². The van der Waals surface area contributed by atoms with Crippen molar-refractivity contribution in [3.63, 3.8) is 0 Å². The molecule has 0 saturated carbocycles. The highest BCUT2D eigenvalue weighted by molar-refractivity contribution is 7.98. The molecule has 3 nitrogen and oxygen atoms in total. The summed E-state index contributed by atoms with van der Waals surface area (Å²) >= 11 is 0. The number of carbonyl (C=O) groups excluding carboxylic acids is 1. The molecule has 0 bridgehead atoms. The fraction of sp³-hybridized carbons (Fsp3) is 0.167. The van der Waals surface area contributed by atoms with Gasteiger partial charge >= 0.3 is 0 Å². The van der Waals surface area contributed by atoms with Crippen LogP contribution in [0.25, 0.3) is 0 Å². The van der Waals surface area contributed by atoms with Gasteiger partial charge in [0.15, 0.2) is 9.84 Å². The quantitative estimate of drug-likeness (QED) is 0.546. The van der Waals surface area contributed by atoms with Crippen LogP contribution in [0, 0.1) is 0 Å². The van der Waals surface area contributed by atoms with Gasteiger partial charge in [-0.3, -0.25) is 0 Å². The summed E-state index contributed by atoms with van der Waals surface area (Å²) in [6, 6.07) is 0. The SMILES string of the molecule is O=CCC1=CC=CS1(=O)=O. The van der Waals surface area contributed by atoms with Crippen molar-refractivity contribution in [1.82, 2.24) is 0 Å². The van der Waals surface area contributed by atoms with Crippen LogP contribution in [0.5, 0.6) is 0 Å². The largest absolute Gasteiger partial charge is 0.303 e. The van der Waals surface area contributed by atoms with Gasteiger partial charge in [0.2, 0.25) is 0 Å². The second-order valence-corrected chi connectivity index (χ2v) is 3.76. The fourth-order valence-electron chi connectivity index (χ4n) is 0.699. The minimum absolute atomic E-state index is 0.0185. The van der Waals surface area contributed by atoms with E-state index in [1.165, 1.54) is 12.2 Å². The van der Waals surface area contributed by atoms with E-state index in [9.17, 15) is 13.2 Å². The Morgan fingerprint density at radius 1 is 1.50 bits per heavy atom. The van der Waals surface area contributed by atoms with E-state index in [1.807, 2.05) is 0 Å². The van der Waals surface area contributed by atoms with Crippen LogP contribution in [0.2, 0.25) is 0 Å². The molecule has 0 atom stereocenters. The summed E-state index contributed by atoms with van der Waals surface area (Å²) in [4.78, 5) is 10.1. The molecule has 0 amide bonds. The second kappa shape index (κ2) is 2.38. The molecule has 54 valence electrons. The third-order valence-corrected chi connectivity index (χ3v) is 2.74. The Balaban J connectivity index is 2.94. The predicted octanol–water partition coefficient (Wildman–Crippen LogP) is 0.401. The van der Waals surface area contributed by atoms with Gasteiger partial charge in [0, 0.05) is 11.8 Å². The highest BCUT2D eigenvalue weighted by atomic mass is 32.2. The Hall–Kier alpha value is -0.900. The lowest BCUT2D eigenvalue weighted by Gasteiger charge is -1.92. The monoisotopic (exact) mass is 158 g/mol. The number of sulfone groups is 1. The zero-order chi connectivity index (χ0) is 7.61. The van der Waals surface area contributed by atoms with E-state index in [-0.39, 0.29) is 11.3 Å². The summed E-state index contributed by atoms with van der Waals surface area (Å²) < 4.78 is 21.7. The molecule has 0 fully saturated rings. The van der Waals surface area contributed by atoms with Crippen molar-refractivity contribution < 1.29 is 13.2 Å². The van der Waals surface area contributed by atoms with Gasteiger partial charge in [0.05, 0.1) is 4.91 Å². The van der Waals surface area contributed by atoms with E-state index in [4.69, 9.17) is 0 Å². The van der Waals surface area contributed by atoms with Crippen LogP contribution in [-0.2, 0) is 14.6 Å². The second-order valence-electron chi connectivity index (χ2n) is 1.88. The molecule has 0 saturated heterocycles. The maximum absolute atomic E-state index is 10.8. The third kappa shape index (κ3) is 1.16. The van der Waals surface area contributed by atoms with Crippen molar-refractivity contribution in [2.45, 2.75) is 6.42 Å². The van der Waals surface area contributed by atoms with E-state index < -0.39 is 9.84 Å². The number of allylic oxidation sites excluding steroid dienone is 3. The van der Waals surface area contributed by atoms with Crippen LogP contribution in [0.4, 0.5) is 0 Å². The molecule has 1 aliphatic rings. The Morgan fingerprint density at radius 2 is 2.20 bits per heavy atom. The number of hydrogen-bond acceptors (Lipinski definition) is 3. The molecule has 1 aliphatic heterocycles. The predicted molar refractivity (Wildman–Crippen MR) is 36.8 cm³/mol. The Labute approximate surface area is 59.0 Å². The molecule has 0 unspecified atom stereocenters. The molecule has 0 radical (unpaired) electrons. The molecule has 0 spiro atoms. The summed E-state index contributed by atoms with van der Waals surface area (Å²) in [6.07, 6.45) is 3.42. The Morgan fingerprint density at radius 3 is 2.60 bits per heavy atom. The van der Waals surface area contributed by atoms with E-state index >= 15 is 0 Å². The van der Waals surface area contributed by atoms with Crippen LogP contribution in [0.15, 0.2) is 22.5 Å². The normalized spacial score (nSPS) is 20.6. The van der Waals surface area contributed by atoms with Gasteiger partial charge in [-0.15, -0.1) is 0 Å². The maximum Gasteiger partial charge on any atom is 0.196 e. The molecule has 4 heteroatoms. The van der Waals surface area contributed by atoms with Crippen molar-refractivity contribution in [2.24, 2.45) is 0 Å². The van der Waals surface area contributed by atoms with Gasteiger partial charge in [0.1, 0.15) is 6.29 Å². The molecule has 0 aromatic rings. The van der Waals surface area contributed by atoms with Gasteiger partial charge in [-0.2, -0.15) is 0 Å². The molecular weight excluding hydrogens is 152 g/mol. The lowest BCUT2D eigenvalue weighted by Crippen LogP contribution is -1.96. The Bertz CT molecular complexity index is 295. The zero-order valence-electron chi connectivity index (χ0n) is 5.15. The lowest BCUT2D eigenvalue weighted by molar-refractivity contribution is -0.107. The van der Waals surface area contributed by atoms with E-state index in [0.29, 0.717) is 6.29 Å². The average Bonchev–Trinajstić information content (AvgIpc) is 2.13. The number of carbonyl (C=O) groups is 1. The van der Waals surface area contributed by atoms with Crippen molar-refractivity contribution in [3.05, 3.63) is 22.5 Å². The molecule has 0 aromatic carbocycles. The fourth-order valence-corrected chi connectivity index (χ4v) is 1.73. The molecule has 0 aromatic heterocycles. The molecule has 10 heavy (non-hydrogen) atoms. The highest BCUT2D eigenvalue weighted by Crippen LogP contribution is 2.17. The molecule has 0 aliphatic carbocycles. The van der Waals surface area contributed by atoms with Gasteiger partial charge in [-0.25, -0.2) is 8.42 Å². The number of rotatable bonds is 2. The van der Waals surface area contributed by atoms with Crippen molar-refractivity contribution >= 4 is 16.1 Å². The van der Waals surface area contributed by atoms with Crippen molar-refractivity contribution in [3.8, 4) is 0 Å². The first-order valence-corrected chi connectivity index (χ1v) is 4.27. The minimum Gasteiger partial charge on any atom is -0.303 e. The molecule has 1 heterocycles. The van der Waals surface area contributed by atoms with Crippen LogP contribution in [-0.4, -0.2) is 14.7 Å². The molecule has 0 N–H and O–H groups in total. The smallest absolute Gasteiger partial charge is 0.196 e. The van der Waals surface area contributed by atoms with Gasteiger partial charge in [-0.05, 0) is 12.2 Å². The van der Waals surface area contributed by atoms with Crippen LogP contribution in [0.3, 0.4) is 0 Å². The highest BCUT2D eigenvalue weighted by Gasteiger charge is 2.16. The van der Waals surface area contributed by atoms with E-state index in [0.717, 1.165) is 5.41 Å². The molecule has 1 rings (SSSR count). The molecular formula is C6H6O3S. The minimum atomic E-state index is -3.20. The summed E-state index contributed by atoms with van der Waals surface area (Å²) in [6.45, 7) is 0. The van der Waals surface area contributed by atoms with E-state index in [1.54, 1.807) is 0 Å². The summed E-state index contributed by atoms with van der Waals surface area (Å²) in [5.41, 5.74) is 0. The summed E-state index contributed by atoms with van der Waals surface area (Å²) in [5.74, 6) is 0. The van der Waals surface area contributed by atoms with Gasteiger partial charge in [0.25, 0.3) is 0 Å².